The molecule has 1 unspecified atom stereocenters. The van der Waals surface area contributed by atoms with Crippen molar-refractivity contribution in [2.24, 2.45) is 5.84 Å². The number of nitrogens with two attached hydrogens (primary N) is 1. The van der Waals surface area contributed by atoms with Gasteiger partial charge in [0.05, 0.1) is 27.7 Å². The van der Waals surface area contributed by atoms with Crippen LogP contribution >= 0.6 is 136 Å². The molecule has 106 heavy (non-hydrogen) atoms. The van der Waals surface area contributed by atoms with Crippen LogP contribution in [0.4, 0.5) is 42.8 Å². The number of non-ortho nitro benzene ring substituents is 1. The lowest BCUT2D eigenvalue weighted by Gasteiger charge is -2.27. The number of aromatic nitrogens is 2. The second-order valence-corrected chi connectivity index (χ2v) is 34.0. The first-order valence-corrected chi connectivity index (χ1v) is 40.6. The van der Waals surface area contributed by atoms with Crippen LogP contribution in [0, 0.1) is 31.5 Å². The summed E-state index contributed by atoms with van der Waals surface area (Å²) in [6.45, 7) is 19.1. The maximum absolute atomic E-state index is 14.1. The predicted molar refractivity (Wildman–Crippen MR) is 454 cm³/mol. The first kappa shape index (κ1) is 90.5. The fraction of sp³-hybridized carbons (Fsp3) is 0.515. The second-order valence-electron chi connectivity index (χ2n) is 27.0. The van der Waals surface area contributed by atoms with Gasteiger partial charge in [0.2, 0.25) is 23.2 Å². The number of carbonyl (C=O) groups excluding carboxylic acids is 9. The van der Waals surface area contributed by atoms with E-state index >= 15 is 0 Å². The van der Waals surface area contributed by atoms with Crippen molar-refractivity contribution in [3.8, 4) is 0 Å². The summed E-state index contributed by atoms with van der Waals surface area (Å²) in [5.41, 5.74) is 1.58. The van der Waals surface area contributed by atoms with Crippen molar-refractivity contribution in [2.75, 3.05) is 93.3 Å². The number of hydrazine groups is 1. The summed E-state index contributed by atoms with van der Waals surface area (Å²) >= 11 is 12.7. The number of fused-ring (bicyclic) bond motifs is 1. The van der Waals surface area contributed by atoms with Crippen molar-refractivity contribution in [3.63, 3.8) is 0 Å². The van der Waals surface area contributed by atoms with Gasteiger partial charge in [0.25, 0.3) is 17.7 Å². The number of unbranched alkanes of at least 4 members (excludes halogenated alkanes) is 4. The largest absolute Gasteiger partial charge is 0.444 e. The van der Waals surface area contributed by atoms with Gasteiger partial charge < -0.3 is 78.0 Å². The molecule has 0 aliphatic heterocycles. The van der Waals surface area contributed by atoms with Crippen molar-refractivity contribution in [3.05, 3.63) is 96.8 Å². The molecule has 0 saturated heterocycles. The molecule has 2 atom stereocenters. The molecular formula is C68H93I6N17O15. The number of rotatable bonds is 40. The SMILES string of the molecule is CC(C)(C)OC(=O)NCCNc1c(I)cc(C(=O)NCCCC[C@H](NC(=O)c2cc(I)c(NCCNC(=O)OC(C)(C)C)c(I)c2)C(=O)NCCCCCC(=O)NCCCCC(C(=O)NCCNc2ccc([N+](=O)[O-])c3nonc23)N(N)C(=O)c2cc(I)c(NCCNC(=O)OC(C)(C)C)c(I)c2)cc1I. The van der Waals surface area contributed by atoms with Gasteiger partial charge in [0, 0.05) is 123 Å². The Morgan fingerprint density at radius 3 is 1.37 bits per heavy atom. The zero-order valence-corrected chi connectivity index (χ0v) is 73.3. The number of nitro benzene ring substituents is 1. The van der Waals surface area contributed by atoms with E-state index < -0.39 is 75.7 Å². The van der Waals surface area contributed by atoms with E-state index in [0.29, 0.717) is 102 Å². The molecule has 14 N–H and O–H groups in total. The van der Waals surface area contributed by atoms with E-state index in [4.69, 9.17) is 24.7 Å². The molecular weight excluding hydrogens is 2060 g/mol. The molecule has 38 heteroatoms. The molecule has 582 valence electrons. The van der Waals surface area contributed by atoms with Gasteiger partial charge >= 0.3 is 24.0 Å². The van der Waals surface area contributed by atoms with Crippen molar-refractivity contribution in [2.45, 2.75) is 155 Å². The lowest BCUT2D eigenvalue weighted by atomic mass is 10.1. The van der Waals surface area contributed by atoms with E-state index in [9.17, 15) is 53.3 Å². The molecule has 4 aromatic carbocycles. The summed E-state index contributed by atoms with van der Waals surface area (Å²) in [7, 11) is 0. The minimum atomic E-state index is -1.15. The fourth-order valence-electron chi connectivity index (χ4n) is 9.93. The van der Waals surface area contributed by atoms with E-state index in [-0.39, 0.29) is 92.6 Å². The maximum Gasteiger partial charge on any atom is 0.407 e. The van der Waals surface area contributed by atoms with Crippen LogP contribution in [-0.2, 0) is 28.6 Å². The normalized spacial score (nSPS) is 12.0. The predicted octanol–water partition coefficient (Wildman–Crippen LogP) is 10.8. The molecule has 32 nitrogen and oxygen atoms in total. The Kier molecular flexibility index (Phi) is 38.0. The Morgan fingerprint density at radius 2 is 0.887 bits per heavy atom. The quantitative estimate of drug-likeness (QED) is 0.00329. The molecule has 0 saturated carbocycles. The number of nitrogens with one attached hydrogen (secondary N) is 12. The minimum Gasteiger partial charge on any atom is -0.444 e. The van der Waals surface area contributed by atoms with Gasteiger partial charge in [-0.3, -0.25) is 43.9 Å². The van der Waals surface area contributed by atoms with E-state index in [0.717, 1.165) is 36.4 Å². The highest BCUT2D eigenvalue weighted by Crippen LogP contribution is 2.32. The molecule has 5 aromatic rings. The third kappa shape index (κ3) is 32.2. The van der Waals surface area contributed by atoms with Crippen LogP contribution in [-0.4, -0.2) is 175 Å². The van der Waals surface area contributed by atoms with Gasteiger partial charge in [-0.25, -0.2) is 24.9 Å². The number of nitrogens with zero attached hydrogens (tertiary/aromatic N) is 4. The van der Waals surface area contributed by atoms with E-state index in [1.165, 1.54) is 12.1 Å². The third-order valence-corrected chi connectivity index (χ3v) is 19.9. The van der Waals surface area contributed by atoms with Crippen LogP contribution in [0.25, 0.3) is 11.0 Å². The average Bonchev–Trinajstić information content (AvgIpc) is 1.51. The molecule has 0 bridgehead atoms. The van der Waals surface area contributed by atoms with Gasteiger partial charge in [-0.2, -0.15) is 0 Å². The summed E-state index contributed by atoms with van der Waals surface area (Å²) < 4.78 is 25.2. The number of halogens is 6. The number of hydrogen-bond donors (Lipinski definition) is 13. The van der Waals surface area contributed by atoms with Crippen LogP contribution < -0.4 is 69.6 Å². The summed E-state index contributed by atoms with van der Waals surface area (Å²) in [5.74, 6) is 4.04. The van der Waals surface area contributed by atoms with Crippen LogP contribution in [0.1, 0.15) is 158 Å². The zero-order valence-electron chi connectivity index (χ0n) is 60.4. The number of ether oxygens (including phenoxy) is 3. The standard InChI is InChI=1S/C68H93I6N17O15/c1-66(2,3)103-63(98)84-30-26-78-53-42(69)33-39(34-43(53)70)58(93)81-24-15-12-17-49(87-59(94)40-35-44(71)54(45(72)36-40)79-27-31-85-64(99)104-67(4,5)6)60(95)82-23-14-10-11-19-52(92)77-22-16-13-18-51(61(96)83-29-25-76-48-20-21-50(91(101)102)57-56(48)88-106-89-57)90(75)62(97)41-37-46(73)55(47(74)38-41)80-28-32-86-65(100)105-68(7,8)9/h20-21,33-38,49,51,76,78-80H,10-19,22-32,75H2,1-9H3,(H,77,92)(H,81,93)(H,82,95)(H,83,96)(H,84,98)(H,85,99)(H,86,100)(H,87,94)/t49-,51?/m0/s1. The van der Waals surface area contributed by atoms with E-state index in [1.54, 1.807) is 98.7 Å². The number of hydrogen-bond acceptors (Lipinski definition) is 22. The number of nitro groups is 1. The summed E-state index contributed by atoms with van der Waals surface area (Å²) in [4.78, 5) is 130. The summed E-state index contributed by atoms with van der Waals surface area (Å²) in [5, 5.41) is 55.6. The van der Waals surface area contributed by atoms with Crippen LogP contribution in [0.15, 0.2) is 53.2 Å². The van der Waals surface area contributed by atoms with Gasteiger partial charge in [0.1, 0.15) is 28.9 Å². The molecule has 0 spiro atoms. The van der Waals surface area contributed by atoms with E-state index in [1.807, 2.05) is 0 Å². The van der Waals surface area contributed by atoms with Crippen LogP contribution in [0.3, 0.4) is 0 Å². The molecule has 5 rings (SSSR count). The van der Waals surface area contributed by atoms with Crippen molar-refractivity contribution >= 4 is 229 Å². The number of carbonyl (C=O) groups is 9. The molecule has 0 fully saturated rings. The lowest BCUT2D eigenvalue weighted by Crippen LogP contribution is -2.53. The smallest absolute Gasteiger partial charge is 0.407 e. The Morgan fingerprint density at radius 1 is 0.481 bits per heavy atom. The number of anilines is 4. The number of alkyl carbamates (subject to hydrolysis) is 3. The van der Waals surface area contributed by atoms with E-state index in [2.05, 4.69) is 210 Å². The van der Waals surface area contributed by atoms with Gasteiger partial charge in [0.15, 0.2) is 5.52 Å². The summed E-state index contributed by atoms with van der Waals surface area (Å²) in [6, 6.07) is 10.9. The molecule has 1 aromatic heterocycles. The highest BCUT2D eigenvalue weighted by Gasteiger charge is 2.30. The van der Waals surface area contributed by atoms with Crippen molar-refractivity contribution in [1.82, 2.24) is 57.9 Å². The molecule has 0 aliphatic carbocycles. The van der Waals surface area contributed by atoms with Gasteiger partial charge in [-0.1, -0.05) is 6.42 Å². The highest BCUT2D eigenvalue weighted by molar-refractivity contribution is 14.1. The third-order valence-electron chi connectivity index (χ3n) is 14.8. The fourth-order valence-corrected chi connectivity index (χ4v) is 16.4. The topological polar surface area (TPSA) is 437 Å². The minimum absolute atomic E-state index is 0.0417. The Labute approximate surface area is 697 Å². The van der Waals surface area contributed by atoms with Gasteiger partial charge in [-0.15, -0.1) is 0 Å². The Balaban J connectivity index is 1.13. The summed E-state index contributed by atoms with van der Waals surface area (Å²) in [6.07, 6.45) is 2.38. The van der Waals surface area contributed by atoms with Crippen molar-refractivity contribution < 1.29 is 66.9 Å². The molecule has 1 heterocycles. The maximum atomic E-state index is 14.1. The Bertz CT molecular complexity index is 3820. The first-order valence-electron chi connectivity index (χ1n) is 34.1. The molecule has 0 radical (unpaired) electrons. The zero-order chi connectivity index (χ0) is 78.5. The molecule has 0 aliphatic rings. The van der Waals surface area contributed by atoms with Crippen LogP contribution in [0.2, 0.25) is 0 Å². The monoisotopic (exact) mass is 2150 g/mol. The van der Waals surface area contributed by atoms with Crippen LogP contribution in [0.5, 0.6) is 0 Å². The Hall–Kier alpha value is -6.15. The average molecular weight is 2150 g/mol. The second kappa shape index (κ2) is 44.5. The molecule has 9 amide bonds. The number of amides is 9. The first-order chi connectivity index (χ1) is 49.9. The highest BCUT2D eigenvalue weighted by atomic mass is 127. The van der Waals surface area contributed by atoms with Gasteiger partial charge in [-0.05, 0) is 302 Å². The lowest BCUT2D eigenvalue weighted by molar-refractivity contribution is -0.383. The van der Waals surface area contributed by atoms with Crippen molar-refractivity contribution in [1.29, 1.82) is 0 Å². The number of benzene rings is 4.